The summed E-state index contributed by atoms with van der Waals surface area (Å²) in [5.74, 6) is -0.305. The lowest BCUT2D eigenvalue weighted by Gasteiger charge is -2.01. The Morgan fingerprint density at radius 3 is 2.90 bits per heavy atom. The fraction of sp³-hybridized carbons (Fsp3) is 0.143. The zero-order valence-corrected chi connectivity index (χ0v) is 12.1. The molecule has 0 saturated heterocycles. The fourth-order valence-corrected chi connectivity index (χ4v) is 2.37. The van der Waals surface area contributed by atoms with Crippen molar-refractivity contribution in [2.45, 2.75) is 13.3 Å². The molecule has 1 aromatic carbocycles. The van der Waals surface area contributed by atoms with Crippen LogP contribution in [0, 0.1) is 10.1 Å². The number of thiophene rings is 1. The molecule has 0 bridgehead atoms. The van der Waals surface area contributed by atoms with Gasteiger partial charge in [-0.05, 0) is 17.9 Å². The van der Waals surface area contributed by atoms with Gasteiger partial charge in [-0.3, -0.25) is 14.9 Å². The van der Waals surface area contributed by atoms with E-state index in [0.29, 0.717) is 22.4 Å². The number of nitro benzene ring substituents is 1. The van der Waals surface area contributed by atoms with Crippen molar-refractivity contribution in [3.63, 3.8) is 0 Å². The second-order valence-electron chi connectivity index (χ2n) is 4.18. The third-order valence-electron chi connectivity index (χ3n) is 2.81. The van der Waals surface area contributed by atoms with Crippen molar-refractivity contribution in [3.8, 4) is 0 Å². The summed E-state index contributed by atoms with van der Waals surface area (Å²) in [7, 11) is 0. The molecule has 0 atom stereocenters. The number of aryl methyl sites for hydroxylation is 1. The van der Waals surface area contributed by atoms with Crippen molar-refractivity contribution < 1.29 is 9.72 Å². The Kier molecular flexibility index (Phi) is 4.78. The van der Waals surface area contributed by atoms with E-state index in [0.717, 1.165) is 0 Å². The van der Waals surface area contributed by atoms with Crippen LogP contribution in [0.1, 0.15) is 27.7 Å². The highest BCUT2D eigenvalue weighted by Gasteiger charge is 2.12. The van der Waals surface area contributed by atoms with Gasteiger partial charge in [-0.2, -0.15) is 5.10 Å². The molecule has 6 nitrogen and oxygen atoms in total. The molecule has 0 radical (unpaired) electrons. The molecule has 0 aliphatic carbocycles. The average molecular weight is 303 g/mol. The standard InChI is InChI=1S/C14H13N3O3S/c1-2-11-6-5-10(8-12(11)17(19)20)9-15-16-14(18)13-4-3-7-21-13/h3-9H,2H2,1H3,(H,16,18)/b15-9-. The first-order valence-corrected chi connectivity index (χ1v) is 7.14. The van der Waals surface area contributed by atoms with Crippen LogP contribution in [0.4, 0.5) is 5.69 Å². The molecule has 1 heterocycles. The average Bonchev–Trinajstić information content (AvgIpc) is 3.01. The van der Waals surface area contributed by atoms with Gasteiger partial charge in [-0.1, -0.05) is 25.1 Å². The Balaban J connectivity index is 2.09. The molecule has 108 valence electrons. The van der Waals surface area contributed by atoms with E-state index < -0.39 is 4.92 Å². The summed E-state index contributed by atoms with van der Waals surface area (Å²) in [6.07, 6.45) is 1.97. The smallest absolute Gasteiger partial charge is 0.266 e. The minimum atomic E-state index is -0.416. The van der Waals surface area contributed by atoms with E-state index in [9.17, 15) is 14.9 Å². The number of nitro groups is 1. The van der Waals surface area contributed by atoms with Gasteiger partial charge in [0.1, 0.15) is 0 Å². The second-order valence-corrected chi connectivity index (χ2v) is 5.12. The van der Waals surface area contributed by atoms with Gasteiger partial charge < -0.3 is 0 Å². The van der Waals surface area contributed by atoms with Crippen LogP contribution in [-0.4, -0.2) is 17.0 Å². The first kappa shape index (κ1) is 14.9. The molecule has 0 spiro atoms. The topological polar surface area (TPSA) is 84.6 Å². The molecule has 0 unspecified atom stereocenters. The SMILES string of the molecule is CCc1ccc(/C=N\NC(=O)c2cccs2)cc1[N+](=O)[O-]. The monoisotopic (exact) mass is 303 g/mol. The van der Waals surface area contributed by atoms with E-state index in [1.165, 1.54) is 23.6 Å². The maximum atomic E-state index is 11.6. The predicted molar refractivity (Wildman–Crippen MR) is 81.9 cm³/mol. The van der Waals surface area contributed by atoms with E-state index in [1.807, 2.05) is 6.92 Å². The third-order valence-corrected chi connectivity index (χ3v) is 3.68. The number of carbonyl (C=O) groups is 1. The van der Waals surface area contributed by atoms with Gasteiger partial charge in [0, 0.05) is 17.2 Å². The van der Waals surface area contributed by atoms with Crippen LogP contribution in [0.2, 0.25) is 0 Å². The van der Waals surface area contributed by atoms with E-state index in [2.05, 4.69) is 10.5 Å². The van der Waals surface area contributed by atoms with Crippen molar-refractivity contribution >= 4 is 29.1 Å². The first-order valence-electron chi connectivity index (χ1n) is 6.26. The van der Waals surface area contributed by atoms with Gasteiger partial charge in [0.2, 0.25) is 0 Å². The zero-order chi connectivity index (χ0) is 15.2. The highest BCUT2D eigenvalue weighted by Crippen LogP contribution is 2.20. The number of hydrogen-bond donors (Lipinski definition) is 1. The summed E-state index contributed by atoms with van der Waals surface area (Å²) in [5, 5.41) is 16.6. The fourth-order valence-electron chi connectivity index (χ4n) is 1.76. The molecule has 2 aromatic rings. The number of carbonyl (C=O) groups excluding carboxylic acids is 1. The van der Waals surface area contributed by atoms with E-state index in [1.54, 1.807) is 29.6 Å². The van der Waals surface area contributed by atoms with Crippen molar-refractivity contribution in [2.75, 3.05) is 0 Å². The molecule has 7 heteroatoms. The van der Waals surface area contributed by atoms with Crippen LogP contribution in [0.15, 0.2) is 40.8 Å². The van der Waals surface area contributed by atoms with Crippen molar-refractivity contribution in [1.29, 1.82) is 0 Å². The number of hydrogen-bond acceptors (Lipinski definition) is 5. The first-order chi connectivity index (χ1) is 10.1. The molecule has 0 fully saturated rings. The van der Waals surface area contributed by atoms with Gasteiger partial charge in [0.25, 0.3) is 11.6 Å². The van der Waals surface area contributed by atoms with Gasteiger partial charge in [0.15, 0.2) is 0 Å². The summed E-state index contributed by atoms with van der Waals surface area (Å²) in [6, 6.07) is 8.33. The van der Waals surface area contributed by atoms with Crippen molar-refractivity contribution in [2.24, 2.45) is 5.10 Å². The van der Waals surface area contributed by atoms with Gasteiger partial charge >= 0.3 is 0 Å². The predicted octanol–water partition coefficient (Wildman–Crippen LogP) is 2.98. The maximum absolute atomic E-state index is 11.6. The highest BCUT2D eigenvalue weighted by molar-refractivity contribution is 7.12. The molecule has 2 rings (SSSR count). The Labute approximate surface area is 125 Å². The van der Waals surface area contributed by atoms with E-state index in [4.69, 9.17) is 0 Å². The summed E-state index contributed by atoms with van der Waals surface area (Å²) in [5.41, 5.74) is 3.67. The lowest BCUT2D eigenvalue weighted by molar-refractivity contribution is -0.385. The lowest BCUT2D eigenvalue weighted by Crippen LogP contribution is -2.16. The van der Waals surface area contributed by atoms with Crippen LogP contribution in [0.3, 0.4) is 0 Å². The quantitative estimate of drug-likeness (QED) is 0.523. The van der Waals surface area contributed by atoms with Gasteiger partial charge in [-0.25, -0.2) is 5.43 Å². The van der Waals surface area contributed by atoms with Gasteiger partial charge in [0.05, 0.1) is 16.0 Å². The maximum Gasteiger partial charge on any atom is 0.281 e. The summed E-state index contributed by atoms with van der Waals surface area (Å²) >= 11 is 1.31. The van der Waals surface area contributed by atoms with E-state index >= 15 is 0 Å². The molecule has 0 aliphatic rings. The highest BCUT2D eigenvalue weighted by atomic mass is 32.1. The van der Waals surface area contributed by atoms with E-state index in [-0.39, 0.29) is 11.6 Å². The molecule has 1 amide bonds. The molecule has 1 aromatic heterocycles. The molecule has 0 aliphatic heterocycles. The molecule has 21 heavy (non-hydrogen) atoms. The lowest BCUT2D eigenvalue weighted by atomic mass is 10.1. The minimum Gasteiger partial charge on any atom is -0.266 e. The molecule has 0 saturated carbocycles. The largest absolute Gasteiger partial charge is 0.281 e. The number of amides is 1. The second kappa shape index (κ2) is 6.76. The summed E-state index contributed by atoms with van der Waals surface area (Å²) in [6.45, 7) is 1.86. The summed E-state index contributed by atoms with van der Waals surface area (Å²) < 4.78 is 0. The Bertz CT molecular complexity index is 681. The number of rotatable bonds is 5. The zero-order valence-electron chi connectivity index (χ0n) is 11.3. The number of hydrazone groups is 1. The minimum absolute atomic E-state index is 0.0611. The van der Waals surface area contributed by atoms with Crippen LogP contribution < -0.4 is 5.43 Å². The Morgan fingerprint density at radius 2 is 2.29 bits per heavy atom. The molecular weight excluding hydrogens is 290 g/mol. The van der Waals surface area contributed by atoms with Crippen molar-refractivity contribution in [1.82, 2.24) is 5.43 Å². The van der Waals surface area contributed by atoms with Crippen molar-refractivity contribution in [3.05, 3.63) is 61.8 Å². The number of benzene rings is 1. The molecular formula is C14H13N3O3S. The Hall–Kier alpha value is -2.54. The van der Waals surface area contributed by atoms with Gasteiger partial charge in [-0.15, -0.1) is 11.3 Å². The number of nitrogens with zero attached hydrogens (tertiary/aromatic N) is 2. The normalized spacial score (nSPS) is 10.7. The third kappa shape index (κ3) is 3.73. The molecule has 1 N–H and O–H groups in total. The number of nitrogens with one attached hydrogen (secondary N) is 1. The van der Waals surface area contributed by atoms with Crippen LogP contribution in [-0.2, 0) is 6.42 Å². The Morgan fingerprint density at radius 1 is 1.48 bits per heavy atom. The van der Waals surface area contributed by atoms with Crippen LogP contribution in [0.25, 0.3) is 0 Å². The summed E-state index contributed by atoms with van der Waals surface area (Å²) in [4.78, 5) is 22.8. The van der Waals surface area contributed by atoms with Crippen LogP contribution >= 0.6 is 11.3 Å². The van der Waals surface area contributed by atoms with Crippen LogP contribution in [0.5, 0.6) is 0 Å².